The SMILES string of the molecule is CCCCCCCCOC(=O)CCCCCCCC/C=C/CCCCCCCCC(=O)OCCCCCCCC. The van der Waals surface area contributed by atoms with Gasteiger partial charge < -0.3 is 9.47 Å². The second-order valence-corrected chi connectivity index (χ2v) is 11.8. The maximum atomic E-state index is 11.8. The van der Waals surface area contributed by atoms with Gasteiger partial charge in [0.1, 0.15) is 0 Å². The number of hydrogen-bond acceptors (Lipinski definition) is 4. The summed E-state index contributed by atoms with van der Waals surface area (Å²) in [6.07, 6.45) is 37.4. The standard InChI is InChI=1S/C36H68O4/c1-3-5-7-9-25-29-33-39-35(37)31-27-23-21-19-17-15-13-11-12-14-16-18-20-22-24-28-32-36(38)40-34-30-26-10-8-6-4-2/h11-12H,3-10,13-34H2,1-2H3/b12-11+. The molecule has 40 heavy (non-hydrogen) atoms. The molecule has 0 saturated heterocycles. The zero-order valence-corrected chi connectivity index (χ0v) is 27.0. The zero-order chi connectivity index (χ0) is 29.2. The quantitative estimate of drug-likeness (QED) is 0.0463. The number of hydrogen-bond donors (Lipinski definition) is 0. The Bertz CT molecular complexity index is 509. The third-order valence-electron chi connectivity index (χ3n) is 7.69. The minimum absolute atomic E-state index is 0.00497. The summed E-state index contributed by atoms with van der Waals surface area (Å²) in [7, 11) is 0. The van der Waals surface area contributed by atoms with E-state index >= 15 is 0 Å². The van der Waals surface area contributed by atoms with Crippen LogP contribution < -0.4 is 0 Å². The maximum absolute atomic E-state index is 11.8. The van der Waals surface area contributed by atoms with Crippen LogP contribution in [-0.2, 0) is 19.1 Å². The summed E-state index contributed by atoms with van der Waals surface area (Å²) in [5, 5.41) is 0. The summed E-state index contributed by atoms with van der Waals surface area (Å²) in [4.78, 5) is 23.6. The number of allylic oxidation sites excluding steroid dienone is 2. The molecule has 0 atom stereocenters. The molecule has 0 bridgehead atoms. The Morgan fingerprint density at radius 1 is 0.400 bits per heavy atom. The molecule has 0 N–H and O–H groups in total. The smallest absolute Gasteiger partial charge is 0.305 e. The molecule has 0 amide bonds. The molecule has 0 aromatic carbocycles. The van der Waals surface area contributed by atoms with Gasteiger partial charge in [0.15, 0.2) is 0 Å². The Morgan fingerprint density at radius 3 is 1.07 bits per heavy atom. The summed E-state index contributed by atoms with van der Waals surface area (Å²) in [5.41, 5.74) is 0. The summed E-state index contributed by atoms with van der Waals surface area (Å²) in [6, 6.07) is 0. The van der Waals surface area contributed by atoms with Crippen LogP contribution in [0.4, 0.5) is 0 Å². The van der Waals surface area contributed by atoms with Crippen LogP contribution in [0, 0.1) is 0 Å². The summed E-state index contributed by atoms with van der Waals surface area (Å²) >= 11 is 0. The van der Waals surface area contributed by atoms with Crippen LogP contribution in [0.5, 0.6) is 0 Å². The average molecular weight is 565 g/mol. The zero-order valence-electron chi connectivity index (χ0n) is 27.0. The first kappa shape index (κ1) is 38.7. The Labute approximate surface area is 249 Å². The van der Waals surface area contributed by atoms with Crippen molar-refractivity contribution in [1.82, 2.24) is 0 Å². The average Bonchev–Trinajstić information content (AvgIpc) is 2.95. The molecular formula is C36H68O4. The molecule has 0 spiro atoms. The number of rotatable bonds is 32. The fraction of sp³-hybridized carbons (Fsp3) is 0.889. The molecule has 0 fully saturated rings. The van der Waals surface area contributed by atoms with E-state index in [0.29, 0.717) is 26.1 Å². The van der Waals surface area contributed by atoms with Crippen molar-refractivity contribution in [2.24, 2.45) is 0 Å². The first-order chi connectivity index (χ1) is 19.7. The van der Waals surface area contributed by atoms with Crippen molar-refractivity contribution in [3.63, 3.8) is 0 Å². The third-order valence-corrected chi connectivity index (χ3v) is 7.69. The lowest BCUT2D eigenvalue weighted by molar-refractivity contribution is -0.144. The van der Waals surface area contributed by atoms with Gasteiger partial charge in [-0.25, -0.2) is 0 Å². The highest BCUT2D eigenvalue weighted by Crippen LogP contribution is 2.12. The highest BCUT2D eigenvalue weighted by Gasteiger charge is 2.03. The van der Waals surface area contributed by atoms with Crippen LogP contribution in [0.15, 0.2) is 12.2 Å². The van der Waals surface area contributed by atoms with Crippen LogP contribution in [-0.4, -0.2) is 25.2 Å². The Kier molecular flexibility index (Phi) is 32.8. The van der Waals surface area contributed by atoms with Gasteiger partial charge in [-0.3, -0.25) is 9.59 Å². The molecule has 4 heteroatoms. The molecule has 0 heterocycles. The maximum Gasteiger partial charge on any atom is 0.305 e. The van der Waals surface area contributed by atoms with Gasteiger partial charge in [-0.1, -0.05) is 142 Å². The minimum atomic E-state index is -0.00497. The normalized spacial score (nSPS) is 11.3. The van der Waals surface area contributed by atoms with E-state index < -0.39 is 0 Å². The van der Waals surface area contributed by atoms with E-state index in [1.807, 2.05) is 0 Å². The lowest BCUT2D eigenvalue weighted by Crippen LogP contribution is -2.05. The van der Waals surface area contributed by atoms with Crippen LogP contribution >= 0.6 is 0 Å². The highest BCUT2D eigenvalue weighted by atomic mass is 16.5. The van der Waals surface area contributed by atoms with Crippen molar-refractivity contribution >= 4 is 11.9 Å². The second-order valence-electron chi connectivity index (χ2n) is 11.8. The van der Waals surface area contributed by atoms with Crippen molar-refractivity contribution < 1.29 is 19.1 Å². The fourth-order valence-corrected chi connectivity index (χ4v) is 4.99. The first-order valence-corrected chi connectivity index (χ1v) is 17.7. The first-order valence-electron chi connectivity index (χ1n) is 17.7. The van der Waals surface area contributed by atoms with Crippen molar-refractivity contribution in [3.05, 3.63) is 12.2 Å². The van der Waals surface area contributed by atoms with Crippen LogP contribution in [0.25, 0.3) is 0 Å². The lowest BCUT2D eigenvalue weighted by atomic mass is 10.1. The highest BCUT2D eigenvalue weighted by molar-refractivity contribution is 5.69. The Morgan fingerprint density at radius 2 is 0.700 bits per heavy atom. The summed E-state index contributed by atoms with van der Waals surface area (Å²) in [6.45, 7) is 5.68. The number of esters is 2. The Balaban J connectivity index is 3.25. The van der Waals surface area contributed by atoms with E-state index in [-0.39, 0.29) is 11.9 Å². The van der Waals surface area contributed by atoms with Gasteiger partial charge in [-0.2, -0.15) is 0 Å². The summed E-state index contributed by atoms with van der Waals surface area (Å²) < 4.78 is 10.7. The minimum Gasteiger partial charge on any atom is -0.466 e. The molecular weight excluding hydrogens is 496 g/mol. The van der Waals surface area contributed by atoms with Gasteiger partial charge in [0.2, 0.25) is 0 Å². The topological polar surface area (TPSA) is 52.6 Å². The van der Waals surface area contributed by atoms with Crippen molar-refractivity contribution in [2.75, 3.05) is 13.2 Å². The van der Waals surface area contributed by atoms with Gasteiger partial charge in [0.05, 0.1) is 13.2 Å². The molecule has 0 unspecified atom stereocenters. The number of carbonyl (C=O) groups is 2. The third kappa shape index (κ3) is 32.9. The van der Waals surface area contributed by atoms with E-state index in [0.717, 1.165) is 38.5 Å². The molecule has 236 valence electrons. The second kappa shape index (κ2) is 33.9. The number of ether oxygens (including phenoxy) is 2. The van der Waals surface area contributed by atoms with Gasteiger partial charge in [-0.15, -0.1) is 0 Å². The van der Waals surface area contributed by atoms with E-state index in [4.69, 9.17) is 9.47 Å². The molecule has 0 radical (unpaired) electrons. The van der Waals surface area contributed by atoms with Gasteiger partial charge >= 0.3 is 11.9 Å². The number of unbranched alkanes of at least 4 members (excludes halogenated alkanes) is 22. The van der Waals surface area contributed by atoms with Crippen LogP contribution in [0.1, 0.15) is 194 Å². The lowest BCUT2D eigenvalue weighted by Gasteiger charge is -2.05. The predicted octanol–water partition coefficient (Wildman–Crippen LogP) is 11.6. The van der Waals surface area contributed by atoms with Gasteiger partial charge in [-0.05, 0) is 51.4 Å². The summed E-state index contributed by atoms with van der Waals surface area (Å²) in [5.74, 6) is -0.00994. The molecule has 0 saturated carbocycles. The largest absolute Gasteiger partial charge is 0.466 e. The molecule has 0 aromatic heterocycles. The molecule has 0 rings (SSSR count). The van der Waals surface area contributed by atoms with Crippen LogP contribution in [0.2, 0.25) is 0 Å². The van der Waals surface area contributed by atoms with Crippen molar-refractivity contribution in [1.29, 1.82) is 0 Å². The molecule has 0 aromatic rings. The van der Waals surface area contributed by atoms with Gasteiger partial charge in [0.25, 0.3) is 0 Å². The van der Waals surface area contributed by atoms with Crippen LogP contribution in [0.3, 0.4) is 0 Å². The van der Waals surface area contributed by atoms with Crippen molar-refractivity contribution in [3.8, 4) is 0 Å². The molecule has 0 aliphatic heterocycles. The monoisotopic (exact) mass is 565 g/mol. The van der Waals surface area contributed by atoms with E-state index in [2.05, 4.69) is 26.0 Å². The predicted molar refractivity (Wildman–Crippen MR) is 172 cm³/mol. The Hall–Kier alpha value is -1.32. The molecule has 0 aliphatic rings. The van der Waals surface area contributed by atoms with E-state index in [9.17, 15) is 9.59 Å². The molecule has 4 nitrogen and oxygen atoms in total. The number of carbonyl (C=O) groups excluding carboxylic acids is 2. The fourth-order valence-electron chi connectivity index (χ4n) is 4.99. The van der Waals surface area contributed by atoms with Crippen molar-refractivity contribution in [2.45, 2.75) is 194 Å². The molecule has 0 aliphatic carbocycles. The van der Waals surface area contributed by atoms with Gasteiger partial charge in [0, 0.05) is 12.8 Å². The van der Waals surface area contributed by atoms with E-state index in [1.165, 1.54) is 128 Å². The van der Waals surface area contributed by atoms with E-state index in [1.54, 1.807) is 0 Å².